The number of nitrogens with one attached hydrogen (secondary N) is 1. The molecule has 1 atom stereocenters. The number of aliphatic hydroxyl groups excluding tert-OH is 1. The first-order chi connectivity index (χ1) is 10.1. The Bertz CT molecular complexity index is 670. The molecule has 2 aromatic rings. The van der Waals surface area contributed by atoms with Gasteiger partial charge in [0.2, 0.25) is 5.91 Å². The van der Waals surface area contributed by atoms with E-state index in [2.05, 4.69) is 5.32 Å². The van der Waals surface area contributed by atoms with Crippen LogP contribution in [0.25, 0.3) is 0 Å². The summed E-state index contributed by atoms with van der Waals surface area (Å²) in [7, 11) is 0. The van der Waals surface area contributed by atoms with Gasteiger partial charge in [-0.3, -0.25) is 4.79 Å². The van der Waals surface area contributed by atoms with Gasteiger partial charge in [-0.05, 0) is 29.7 Å². The first kappa shape index (κ1) is 13.8. The molecular formula is C17H16FNO2. The normalized spacial score (nSPS) is 15.2. The standard InChI is InChI=1S/C17H16FNO2/c18-14-10-15-12(6-7-17(21)19-15)9-13(14)16(20)8-11-4-2-1-3-5-11/h1-5,9-10,16,20H,6-8H2,(H,19,21). The summed E-state index contributed by atoms with van der Waals surface area (Å²) in [6, 6.07) is 12.5. The predicted molar refractivity (Wildman–Crippen MR) is 78.5 cm³/mol. The van der Waals surface area contributed by atoms with Crippen molar-refractivity contribution in [3.8, 4) is 0 Å². The van der Waals surface area contributed by atoms with Crippen molar-refractivity contribution in [1.82, 2.24) is 0 Å². The van der Waals surface area contributed by atoms with Crippen LogP contribution in [0.2, 0.25) is 0 Å². The van der Waals surface area contributed by atoms with E-state index < -0.39 is 11.9 Å². The molecule has 108 valence electrons. The fraction of sp³-hybridized carbons (Fsp3) is 0.235. The van der Waals surface area contributed by atoms with Gasteiger partial charge in [0, 0.05) is 24.1 Å². The van der Waals surface area contributed by atoms with Crippen LogP contribution in [-0.4, -0.2) is 11.0 Å². The third-order valence-corrected chi connectivity index (χ3v) is 3.75. The highest BCUT2D eigenvalue weighted by Gasteiger charge is 2.20. The fourth-order valence-electron chi connectivity index (χ4n) is 2.62. The second-order valence-electron chi connectivity index (χ2n) is 5.28. The summed E-state index contributed by atoms with van der Waals surface area (Å²) in [5.41, 5.74) is 2.63. The van der Waals surface area contributed by atoms with Gasteiger partial charge in [0.25, 0.3) is 0 Å². The third-order valence-electron chi connectivity index (χ3n) is 3.75. The van der Waals surface area contributed by atoms with E-state index in [4.69, 9.17) is 0 Å². The summed E-state index contributed by atoms with van der Waals surface area (Å²) in [4.78, 5) is 11.3. The van der Waals surface area contributed by atoms with Crippen LogP contribution in [0.3, 0.4) is 0 Å². The van der Waals surface area contributed by atoms with Crippen molar-refractivity contribution in [2.45, 2.75) is 25.4 Å². The number of rotatable bonds is 3. The summed E-state index contributed by atoms with van der Waals surface area (Å²) in [5.74, 6) is -0.584. The minimum Gasteiger partial charge on any atom is -0.388 e. The van der Waals surface area contributed by atoms with Gasteiger partial charge >= 0.3 is 0 Å². The summed E-state index contributed by atoms with van der Waals surface area (Å²) in [6.07, 6.45) is 0.442. The summed E-state index contributed by atoms with van der Waals surface area (Å²) < 4.78 is 14.1. The van der Waals surface area contributed by atoms with Crippen LogP contribution in [0.1, 0.15) is 29.2 Å². The highest BCUT2D eigenvalue weighted by molar-refractivity contribution is 5.93. The van der Waals surface area contributed by atoms with E-state index in [0.717, 1.165) is 11.1 Å². The molecule has 1 aliphatic rings. The van der Waals surface area contributed by atoms with Crippen LogP contribution in [0, 0.1) is 5.82 Å². The molecule has 21 heavy (non-hydrogen) atoms. The number of carbonyl (C=O) groups excluding carboxylic acids is 1. The van der Waals surface area contributed by atoms with E-state index in [-0.39, 0.29) is 11.5 Å². The van der Waals surface area contributed by atoms with Gasteiger partial charge in [-0.15, -0.1) is 0 Å². The number of halogens is 1. The molecule has 3 nitrogen and oxygen atoms in total. The van der Waals surface area contributed by atoms with Crippen LogP contribution >= 0.6 is 0 Å². The lowest BCUT2D eigenvalue weighted by atomic mass is 9.95. The van der Waals surface area contributed by atoms with Crippen molar-refractivity contribution in [2.75, 3.05) is 5.32 Å². The predicted octanol–water partition coefficient (Wildman–Crippen LogP) is 2.99. The van der Waals surface area contributed by atoms with Crippen LogP contribution in [0.15, 0.2) is 42.5 Å². The van der Waals surface area contributed by atoms with Crippen molar-refractivity contribution in [1.29, 1.82) is 0 Å². The molecule has 0 aliphatic carbocycles. The van der Waals surface area contributed by atoms with Gasteiger partial charge in [0.1, 0.15) is 5.82 Å². The van der Waals surface area contributed by atoms with Gasteiger partial charge in [-0.2, -0.15) is 0 Å². The van der Waals surface area contributed by atoms with Gasteiger partial charge in [0.15, 0.2) is 0 Å². The summed E-state index contributed by atoms with van der Waals surface area (Å²) >= 11 is 0. The average Bonchev–Trinajstić information content (AvgIpc) is 2.47. The molecule has 4 heteroatoms. The number of aryl methyl sites for hydroxylation is 1. The fourth-order valence-corrected chi connectivity index (χ4v) is 2.62. The monoisotopic (exact) mass is 285 g/mol. The molecule has 0 aromatic heterocycles. The molecule has 2 N–H and O–H groups in total. The molecule has 0 saturated carbocycles. The Morgan fingerprint density at radius 3 is 2.71 bits per heavy atom. The average molecular weight is 285 g/mol. The van der Waals surface area contributed by atoms with Gasteiger partial charge < -0.3 is 10.4 Å². The Labute approximate surface area is 122 Å². The quantitative estimate of drug-likeness (QED) is 0.911. The van der Waals surface area contributed by atoms with E-state index in [9.17, 15) is 14.3 Å². The number of amides is 1. The van der Waals surface area contributed by atoms with E-state index in [1.54, 1.807) is 6.07 Å². The zero-order valence-electron chi connectivity index (χ0n) is 11.5. The van der Waals surface area contributed by atoms with Crippen LogP contribution < -0.4 is 5.32 Å². The van der Waals surface area contributed by atoms with Crippen molar-refractivity contribution in [3.63, 3.8) is 0 Å². The second kappa shape index (κ2) is 5.66. The number of hydrogen-bond acceptors (Lipinski definition) is 2. The van der Waals surface area contributed by atoms with Crippen molar-refractivity contribution in [2.24, 2.45) is 0 Å². The van der Waals surface area contributed by atoms with Crippen LogP contribution in [0.4, 0.5) is 10.1 Å². The van der Waals surface area contributed by atoms with Crippen molar-refractivity contribution < 1.29 is 14.3 Å². The molecule has 1 unspecified atom stereocenters. The topological polar surface area (TPSA) is 49.3 Å². The van der Waals surface area contributed by atoms with Crippen LogP contribution in [-0.2, 0) is 17.6 Å². The molecule has 1 amide bonds. The maximum absolute atomic E-state index is 14.1. The summed E-state index contributed by atoms with van der Waals surface area (Å²) in [6.45, 7) is 0. The molecule has 0 spiro atoms. The largest absolute Gasteiger partial charge is 0.388 e. The molecule has 3 rings (SSSR count). The molecular weight excluding hydrogens is 269 g/mol. The molecule has 1 aliphatic heterocycles. The Kier molecular flexibility index (Phi) is 3.71. The number of carbonyl (C=O) groups is 1. The Morgan fingerprint density at radius 1 is 1.19 bits per heavy atom. The third kappa shape index (κ3) is 2.95. The number of hydrogen-bond donors (Lipinski definition) is 2. The molecule has 2 aromatic carbocycles. The van der Waals surface area contributed by atoms with Gasteiger partial charge in [-0.25, -0.2) is 4.39 Å². The van der Waals surface area contributed by atoms with E-state index in [0.29, 0.717) is 24.9 Å². The first-order valence-electron chi connectivity index (χ1n) is 6.97. The Morgan fingerprint density at radius 2 is 1.95 bits per heavy atom. The lowest BCUT2D eigenvalue weighted by Crippen LogP contribution is -2.20. The number of anilines is 1. The van der Waals surface area contributed by atoms with Gasteiger partial charge in [-0.1, -0.05) is 30.3 Å². The summed E-state index contributed by atoms with van der Waals surface area (Å²) in [5, 5.41) is 12.9. The zero-order valence-corrected chi connectivity index (χ0v) is 11.5. The minimum absolute atomic E-state index is 0.0977. The smallest absolute Gasteiger partial charge is 0.224 e. The maximum Gasteiger partial charge on any atom is 0.224 e. The lowest BCUT2D eigenvalue weighted by Gasteiger charge is -2.20. The van der Waals surface area contributed by atoms with Crippen molar-refractivity contribution in [3.05, 3.63) is 65.0 Å². The SMILES string of the molecule is O=C1CCc2cc(C(O)Cc3ccccc3)c(F)cc2N1. The van der Waals surface area contributed by atoms with Gasteiger partial charge in [0.05, 0.1) is 6.10 Å². The zero-order chi connectivity index (χ0) is 14.8. The maximum atomic E-state index is 14.1. The molecule has 0 bridgehead atoms. The van der Waals surface area contributed by atoms with Crippen molar-refractivity contribution >= 4 is 11.6 Å². The molecule has 0 radical (unpaired) electrons. The molecule has 1 heterocycles. The highest BCUT2D eigenvalue weighted by Crippen LogP contribution is 2.30. The molecule has 0 fully saturated rings. The minimum atomic E-state index is -0.893. The van der Waals surface area contributed by atoms with E-state index >= 15 is 0 Å². The Balaban J connectivity index is 1.86. The van der Waals surface area contributed by atoms with E-state index in [1.165, 1.54) is 6.07 Å². The lowest BCUT2D eigenvalue weighted by molar-refractivity contribution is -0.116. The first-order valence-corrected chi connectivity index (χ1v) is 6.97. The second-order valence-corrected chi connectivity index (χ2v) is 5.28. The molecule has 0 saturated heterocycles. The van der Waals surface area contributed by atoms with Crippen LogP contribution in [0.5, 0.6) is 0 Å². The highest BCUT2D eigenvalue weighted by atomic mass is 19.1. The number of fused-ring (bicyclic) bond motifs is 1. The number of aliphatic hydroxyl groups is 1. The Hall–Kier alpha value is -2.20. The van der Waals surface area contributed by atoms with E-state index in [1.807, 2.05) is 30.3 Å². The number of benzene rings is 2.